The van der Waals surface area contributed by atoms with E-state index in [0.717, 1.165) is 0 Å². The summed E-state index contributed by atoms with van der Waals surface area (Å²) >= 11 is 5.98. The molecule has 2 aromatic rings. The first kappa shape index (κ1) is 18.5. The molecular weight excluding hydrogens is 379 g/mol. The summed E-state index contributed by atoms with van der Waals surface area (Å²) in [5, 5.41) is 23.3. The summed E-state index contributed by atoms with van der Waals surface area (Å²) in [6, 6.07) is 1.52. The fraction of sp³-hybridized carbons (Fsp3) is 0.500. The molecular formula is C12H16ClN4O7P. The number of phosphoric acid groups is 1. The molecule has 1 aliphatic rings. The zero-order valence-corrected chi connectivity index (χ0v) is 14.5. The van der Waals surface area contributed by atoms with Crippen LogP contribution in [0.15, 0.2) is 12.4 Å². The maximum absolute atomic E-state index is 10.8. The number of nitrogens with zero attached hydrogens (tertiary/aromatic N) is 3. The Morgan fingerprint density at radius 1 is 1.44 bits per heavy atom. The molecule has 138 valence electrons. The van der Waals surface area contributed by atoms with Gasteiger partial charge in [0.2, 0.25) is 0 Å². The molecule has 0 aromatic carbocycles. The third-order valence-electron chi connectivity index (χ3n) is 3.79. The van der Waals surface area contributed by atoms with E-state index in [1.54, 1.807) is 7.05 Å². The fourth-order valence-electron chi connectivity index (χ4n) is 2.65. The minimum absolute atomic E-state index is 0.188. The van der Waals surface area contributed by atoms with Crippen molar-refractivity contribution in [3.05, 3.63) is 17.5 Å². The lowest BCUT2D eigenvalue weighted by Crippen LogP contribution is -2.33. The summed E-state index contributed by atoms with van der Waals surface area (Å²) in [7, 11) is -3.08. The van der Waals surface area contributed by atoms with E-state index >= 15 is 0 Å². The van der Waals surface area contributed by atoms with E-state index in [4.69, 9.17) is 26.1 Å². The lowest BCUT2D eigenvalue weighted by molar-refractivity contribution is -0.0501. The van der Waals surface area contributed by atoms with Crippen LogP contribution in [0.25, 0.3) is 11.0 Å². The number of hydrogen-bond donors (Lipinski definition) is 5. The van der Waals surface area contributed by atoms with Crippen molar-refractivity contribution in [2.24, 2.45) is 0 Å². The second-order valence-corrected chi connectivity index (χ2v) is 7.02. The van der Waals surface area contributed by atoms with Crippen LogP contribution in [-0.4, -0.2) is 66.5 Å². The SMILES string of the molecule is CNc1nc(Cl)cc2c1ncn2[C@@H]1O[C@H](COP(=O)(O)O)[C@@H](O)[C@H]1O. The maximum Gasteiger partial charge on any atom is 0.469 e. The van der Waals surface area contributed by atoms with Gasteiger partial charge in [0.05, 0.1) is 18.5 Å². The van der Waals surface area contributed by atoms with Crippen molar-refractivity contribution in [1.82, 2.24) is 14.5 Å². The molecule has 0 radical (unpaired) electrons. The van der Waals surface area contributed by atoms with Crippen molar-refractivity contribution in [3.63, 3.8) is 0 Å². The minimum atomic E-state index is -4.73. The predicted molar refractivity (Wildman–Crippen MR) is 86.0 cm³/mol. The first-order valence-corrected chi connectivity index (χ1v) is 9.04. The average molecular weight is 395 g/mol. The number of aromatic nitrogens is 3. The van der Waals surface area contributed by atoms with Crippen molar-refractivity contribution in [1.29, 1.82) is 0 Å². The van der Waals surface area contributed by atoms with Gasteiger partial charge in [0.25, 0.3) is 0 Å². The summed E-state index contributed by atoms with van der Waals surface area (Å²) in [5.41, 5.74) is 0.976. The quantitative estimate of drug-likeness (QED) is 0.341. The summed E-state index contributed by atoms with van der Waals surface area (Å²) in [6.07, 6.45) is -3.57. The largest absolute Gasteiger partial charge is 0.469 e. The number of phosphoric ester groups is 1. The number of aliphatic hydroxyl groups is 2. The van der Waals surface area contributed by atoms with Crippen LogP contribution >= 0.6 is 19.4 Å². The van der Waals surface area contributed by atoms with Gasteiger partial charge in [0, 0.05) is 13.1 Å². The second kappa shape index (κ2) is 6.78. The monoisotopic (exact) mass is 394 g/mol. The van der Waals surface area contributed by atoms with Gasteiger partial charge in [-0.2, -0.15) is 0 Å². The Morgan fingerprint density at radius 2 is 2.16 bits per heavy atom. The van der Waals surface area contributed by atoms with E-state index in [1.807, 2.05) is 0 Å². The van der Waals surface area contributed by atoms with Gasteiger partial charge in [0.1, 0.15) is 29.0 Å². The molecule has 13 heteroatoms. The Hall–Kier alpha value is -1.30. The summed E-state index contributed by atoms with van der Waals surface area (Å²) in [4.78, 5) is 25.8. The van der Waals surface area contributed by atoms with E-state index in [2.05, 4.69) is 19.8 Å². The molecule has 0 amide bonds. The molecule has 3 rings (SSSR count). The van der Waals surface area contributed by atoms with Gasteiger partial charge in [-0.25, -0.2) is 14.5 Å². The Bertz CT molecular complexity index is 827. The summed E-state index contributed by atoms with van der Waals surface area (Å²) in [5.74, 6) is 0.427. The van der Waals surface area contributed by atoms with Gasteiger partial charge in [0.15, 0.2) is 12.0 Å². The second-order valence-electron chi connectivity index (χ2n) is 5.40. The lowest BCUT2D eigenvalue weighted by atomic mass is 10.1. The topological polar surface area (TPSA) is 159 Å². The number of nitrogens with one attached hydrogen (secondary N) is 1. The standard InChI is InChI=1S/C12H16ClN4O7P/c1-14-11-8-5(2-7(13)16-11)17(4-15-8)12-10(19)9(18)6(24-12)3-23-25(20,21)22/h2,4,6,9-10,12,18-19H,3H2,1H3,(H,14,16)(H2,20,21,22)/t6-,9-,10-,12-/m1/s1. The van der Waals surface area contributed by atoms with Crippen LogP contribution in [0.1, 0.15) is 6.23 Å². The minimum Gasteiger partial charge on any atom is -0.387 e. The molecule has 1 aliphatic heterocycles. The number of ether oxygens (including phenoxy) is 1. The number of imidazole rings is 1. The molecule has 0 spiro atoms. The predicted octanol–water partition coefficient (Wildman–Crippen LogP) is -0.145. The molecule has 25 heavy (non-hydrogen) atoms. The molecule has 11 nitrogen and oxygen atoms in total. The smallest absolute Gasteiger partial charge is 0.387 e. The van der Waals surface area contributed by atoms with Crippen LogP contribution < -0.4 is 5.32 Å². The molecule has 0 bridgehead atoms. The normalized spacial score (nSPS) is 27.1. The van der Waals surface area contributed by atoms with Crippen LogP contribution in [0.3, 0.4) is 0 Å². The highest BCUT2D eigenvalue weighted by atomic mass is 35.5. The van der Waals surface area contributed by atoms with Crippen molar-refractivity contribution in [2.75, 3.05) is 19.0 Å². The zero-order valence-electron chi connectivity index (χ0n) is 12.9. The first-order chi connectivity index (χ1) is 11.7. The molecule has 0 saturated carbocycles. The summed E-state index contributed by atoms with van der Waals surface area (Å²) < 4.78 is 22.1. The van der Waals surface area contributed by atoms with E-state index in [9.17, 15) is 14.8 Å². The fourth-order valence-corrected chi connectivity index (χ4v) is 3.17. The van der Waals surface area contributed by atoms with Gasteiger partial charge < -0.3 is 34.6 Å². The third kappa shape index (κ3) is 3.64. The van der Waals surface area contributed by atoms with Gasteiger partial charge in [-0.1, -0.05) is 11.6 Å². The van der Waals surface area contributed by atoms with Crippen LogP contribution in [0, 0.1) is 0 Å². The Morgan fingerprint density at radius 3 is 2.80 bits per heavy atom. The van der Waals surface area contributed by atoms with Gasteiger partial charge in [-0.05, 0) is 0 Å². The molecule has 3 heterocycles. The number of anilines is 1. The number of aliphatic hydroxyl groups excluding tert-OH is 2. The van der Waals surface area contributed by atoms with E-state index in [-0.39, 0.29) is 5.15 Å². The van der Waals surface area contributed by atoms with Gasteiger partial charge >= 0.3 is 7.82 Å². The van der Waals surface area contributed by atoms with Gasteiger partial charge in [-0.15, -0.1) is 0 Å². The van der Waals surface area contributed by atoms with Crippen molar-refractivity contribution in [3.8, 4) is 0 Å². The molecule has 2 aromatic heterocycles. The lowest BCUT2D eigenvalue weighted by Gasteiger charge is -2.17. The van der Waals surface area contributed by atoms with Crippen LogP contribution in [0.2, 0.25) is 5.15 Å². The summed E-state index contributed by atoms with van der Waals surface area (Å²) in [6.45, 7) is -0.588. The van der Waals surface area contributed by atoms with E-state index in [0.29, 0.717) is 16.9 Å². The van der Waals surface area contributed by atoms with Crippen molar-refractivity contribution >= 4 is 36.3 Å². The molecule has 1 saturated heterocycles. The molecule has 4 atom stereocenters. The van der Waals surface area contributed by atoms with E-state index < -0.39 is 39.0 Å². The molecule has 1 fully saturated rings. The van der Waals surface area contributed by atoms with Crippen molar-refractivity contribution in [2.45, 2.75) is 24.5 Å². The molecule has 0 unspecified atom stereocenters. The number of pyridine rings is 1. The Balaban J connectivity index is 1.90. The van der Waals surface area contributed by atoms with Gasteiger partial charge in [-0.3, -0.25) is 4.52 Å². The number of fused-ring (bicyclic) bond motifs is 1. The van der Waals surface area contributed by atoms with Crippen LogP contribution in [0.5, 0.6) is 0 Å². The maximum atomic E-state index is 10.8. The van der Waals surface area contributed by atoms with E-state index in [1.165, 1.54) is 17.0 Å². The highest BCUT2D eigenvalue weighted by Gasteiger charge is 2.45. The Kier molecular flexibility index (Phi) is 5.02. The van der Waals surface area contributed by atoms with Crippen LogP contribution in [-0.2, 0) is 13.8 Å². The third-order valence-corrected chi connectivity index (χ3v) is 4.46. The Labute approximate surface area is 146 Å². The van der Waals surface area contributed by atoms with Crippen LogP contribution in [0.4, 0.5) is 5.82 Å². The number of rotatable bonds is 5. The zero-order chi connectivity index (χ0) is 18.4. The average Bonchev–Trinajstić information content (AvgIpc) is 3.06. The molecule has 0 aliphatic carbocycles. The first-order valence-electron chi connectivity index (χ1n) is 7.14. The van der Waals surface area contributed by atoms with Crippen molar-refractivity contribution < 1.29 is 33.8 Å². The molecule has 5 N–H and O–H groups in total. The highest BCUT2D eigenvalue weighted by molar-refractivity contribution is 7.46. The number of hydrogen-bond acceptors (Lipinski definition) is 8. The highest BCUT2D eigenvalue weighted by Crippen LogP contribution is 2.39. The number of halogens is 1.